The lowest BCUT2D eigenvalue weighted by molar-refractivity contribution is -0.146. The monoisotopic (exact) mass is 346 g/mol. The number of ether oxygens (including phenoxy) is 2. The van der Waals surface area contributed by atoms with E-state index in [9.17, 15) is 18.0 Å². The Morgan fingerprint density at radius 2 is 1.83 bits per heavy atom. The van der Waals surface area contributed by atoms with Crippen LogP contribution in [0.1, 0.15) is 0 Å². The van der Waals surface area contributed by atoms with Crippen molar-refractivity contribution in [2.75, 3.05) is 27.3 Å². The molecule has 1 atom stereocenters. The fourth-order valence-corrected chi connectivity index (χ4v) is 3.38. The van der Waals surface area contributed by atoms with Crippen molar-refractivity contribution in [3.05, 3.63) is 24.3 Å². The third-order valence-electron chi connectivity index (χ3n) is 3.00. The highest BCUT2D eigenvalue weighted by Gasteiger charge is 2.37. The van der Waals surface area contributed by atoms with Crippen LogP contribution in [0.25, 0.3) is 0 Å². The summed E-state index contributed by atoms with van der Waals surface area (Å²) in [5.41, 5.74) is 5.43. The van der Waals surface area contributed by atoms with E-state index < -0.39 is 41.1 Å². The van der Waals surface area contributed by atoms with Gasteiger partial charge in [-0.25, -0.2) is 8.42 Å². The maximum atomic E-state index is 12.6. The van der Waals surface area contributed by atoms with E-state index in [0.717, 1.165) is 7.11 Å². The number of nitrogens with zero attached hydrogens (tertiary/aromatic N) is 1. The van der Waals surface area contributed by atoms with Crippen molar-refractivity contribution < 1.29 is 32.6 Å². The van der Waals surface area contributed by atoms with Gasteiger partial charge >= 0.3 is 11.9 Å². The van der Waals surface area contributed by atoms with E-state index in [1.54, 1.807) is 0 Å². The maximum Gasteiger partial charge on any atom is 0.325 e. The van der Waals surface area contributed by atoms with Crippen LogP contribution in [0.15, 0.2) is 29.2 Å². The lowest BCUT2D eigenvalue weighted by Crippen LogP contribution is -2.51. The van der Waals surface area contributed by atoms with Gasteiger partial charge in [-0.1, -0.05) is 0 Å². The molecule has 0 radical (unpaired) electrons. The summed E-state index contributed by atoms with van der Waals surface area (Å²) in [6.07, 6.45) is 0. The van der Waals surface area contributed by atoms with Crippen LogP contribution >= 0.6 is 0 Å². The standard InChI is InChI=1S/C13H18N2O7S/c1-21-9-3-5-10(6-4-9)23(19,20)15(8-12(16)17)11(7-14)13(18)22-2/h3-6,11H,7-8,14H2,1-2H3,(H,16,17). The molecule has 0 aliphatic rings. The van der Waals surface area contributed by atoms with Crippen molar-refractivity contribution in [1.29, 1.82) is 0 Å². The predicted octanol–water partition coefficient (Wildman–Crippen LogP) is -0.729. The SMILES string of the molecule is COC(=O)C(CN)N(CC(=O)O)S(=O)(=O)c1ccc(OC)cc1. The molecule has 0 heterocycles. The van der Waals surface area contributed by atoms with Gasteiger partial charge in [-0.05, 0) is 24.3 Å². The number of sulfonamides is 1. The summed E-state index contributed by atoms with van der Waals surface area (Å²) < 4.78 is 35.2. The van der Waals surface area contributed by atoms with Crippen molar-refractivity contribution >= 4 is 22.0 Å². The largest absolute Gasteiger partial charge is 0.497 e. The van der Waals surface area contributed by atoms with Gasteiger partial charge in [-0.3, -0.25) is 9.59 Å². The summed E-state index contributed by atoms with van der Waals surface area (Å²) in [7, 11) is -1.79. The van der Waals surface area contributed by atoms with Crippen LogP contribution in [0.4, 0.5) is 0 Å². The first kappa shape index (κ1) is 18.9. The van der Waals surface area contributed by atoms with Gasteiger partial charge in [0.25, 0.3) is 0 Å². The fraction of sp³-hybridized carbons (Fsp3) is 0.385. The number of esters is 1. The highest BCUT2D eigenvalue weighted by Crippen LogP contribution is 2.21. The van der Waals surface area contributed by atoms with Crippen LogP contribution in [0.3, 0.4) is 0 Å². The maximum absolute atomic E-state index is 12.6. The molecule has 1 aromatic carbocycles. The lowest BCUT2D eigenvalue weighted by Gasteiger charge is -2.26. The number of carbonyl (C=O) groups excluding carboxylic acids is 1. The smallest absolute Gasteiger partial charge is 0.325 e. The molecule has 0 saturated heterocycles. The van der Waals surface area contributed by atoms with Crippen LogP contribution < -0.4 is 10.5 Å². The molecule has 0 spiro atoms. The molecule has 1 rings (SSSR count). The Morgan fingerprint density at radius 1 is 1.26 bits per heavy atom. The molecule has 3 N–H and O–H groups in total. The topological polar surface area (TPSA) is 136 Å². The van der Waals surface area contributed by atoms with Gasteiger partial charge < -0.3 is 20.3 Å². The summed E-state index contributed by atoms with van der Waals surface area (Å²) in [5, 5.41) is 8.96. The van der Waals surface area contributed by atoms with E-state index in [2.05, 4.69) is 4.74 Å². The molecule has 0 aliphatic carbocycles. The molecule has 9 nitrogen and oxygen atoms in total. The number of rotatable bonds is 8. The quantitative estimate of drug-likeness (QED) is 0.588. The highest BCUT2D eigenvalue weighted by molar-refractivity contribution is 7.89. The van der Waals surface area contributed by atoms with Crippen LogP contribution in [0.2, 0.25) is 0 Å². The fourth-order valence-electron chi connectivity index (χ4n) is 1.85. The summed E-state index contributed by atoms with van der Waals surface area (Å²) in [5.74, 6) is -1.94. The molecule has 128 valence electrons. The van der Waals surface area contributed by atoms with Gasteiger partial charge in [-0.2, -0.15) is 4.31 Å². The number of carboxylic acid groups (broad SMARTS) is 1. The number of aliphatic carboxylic acids is 1. The van der Waals surface area contributed by atoms with Gasteiger partial charge in [0.2, 0.25) is 10.0 Å². The van der Waals surface area contributed by atoms with Gasteiger partial charge in [-0.15, -0.1) is 0 Å². The molecular formula is C13H18N2O7S. The minimum atomic E-state index is -4.27. The van der Waals surface area contributed by atoms with Crippen LogP contribution in [-0.2, 0) is 24.3 Å². The number of carbonyl (C=O) groups is 2. The number of hydrogen-bond donors (Lipinski definition) is 2. The number of carboxylic acids is 1. The molecule has 0 amide bonds. The third kappa shape index (κ3) is 4.41. The average molecular weight is 346 g/mol. The van der Waals surface area contributed by atoms with E-state index in [0.29, 0.717) is 10.1 Å². The van der Waals surface area contributed by atoms with Crippen LogP contribution in [0.5, 0.6) is 5.75 Å². The van der Waals surface area contributed by atoms with E-state index >= 15 is 0 Å². The zero-order chi connectivity index (χ0) is 17.6. The normalized spacial score (nSPS) is 12.7. The van der Waals surface area contributed by atoms with Crippen molar-refractivity contribution in [3.8, 4) is 5.75 Å². The number of methoxy groups -OCH3 is 2. The Morgan fingerprint density at radius 3 is 2.22 bits per heavy atom. The second-order valence-corrected chi connectivity index (χ2v) is 6.28. The summed E-state index contributed by atoms with van der Waals surface area (Å²) in [4.78, 5) is 22.5. The van der Waals surface area contributed by atoms with Gasteiger partial charge in [0.1, 0.15) is 18.3 Å². The molecule has 10 heteroatoms. The first-order valence-corrected chi connectivity index (χ1v) is 7.87. The zero-order valence-electron chi connectivity index (χ0n) is 12.6. The van der Waals surface area contributed by atoms with E-state index in [1.165, 1.54) is 31.4 Å². The molecule has 0 aliphatic heterocycles. The minimum Gasteiger partial charge on any atom is -0.497 e. The Balaban J connectivity index is 3.31. The van der Waals surface area contributed by atoms with E-state index in [1.807, 2.05) is 0 Å². The van der Waals surface area contributed by atoms with Crippen LogP contribution in [-0.4, -0.2) is 63.1 Å². The summed E-state index contributed by atoms with van der Waals surface area (Å²) in [6.45, 7) is -1.35. The first-order chi connectivity index (χ1) is 10.8. The predicted molar refractivity (Wildman–Crippen MR) is 79.4 cm³/mol. The molecule has 0 aromatic heterocycles. The Hall–Kier alpha value is -2.17. The molecule has 0 bridgehead atoms. The van der Waals surface area contributed by atoms with Gasteiger partial charge in [0.15, 0.2) is 0 Å². The zero-order valence-corrected chi connectivity index (χ0v) is 13.4. The van der Waals surface area contributed by atoms with E-state index in [-0.39, 0.29) is 4.90 Å². The number of benzene rings is 1. The van der Waals surface area contributed by atoms with Crippen molar-refractivity contribution in [3.63, 3.8) is 0 Å². The van der Waals surface area contributed by atoms with Crippen molar-refractivity contribution in [2.45, 2.75) is 10.9 Å². The number of nitrogens with two attached hydrogens (primary N) is 1. The average Bonchev–Trinajstić information content (AvgIpc) is 2.53. The first-order valence-electron chi connectivity index (χ1n) is 6.43. The Bertz CT molecular complexity index is 657. The molecule has 1 aromatic rings. The molecule has 0 saturated carbocycles. The van der Waals surface area contributed by atoms with Crippen molar-refractivity contribution in [2.24, 2.45) is 5.73 Å². The Kier molecular flexibility index (Phi) is 6.49. The minimum absolute atomic E-state index is 0.193. The highest BCUT2D eigenvalue weighted by atomic mass is 32.2. The number of hydrogen-bond acceptors (Lipinski definition) is 7. The summed E-state index contributed by atoms with van der Waals surface area (Å²) >= 11 is 0. The van der Waals surface area contributed by atoms with Crippen molar-refractivity contribution in [1.82, 2.24) is 4.31 Å². The molecular weight excluding hydrogens is 328 g/mol. The third-order valence-corrected chi connectivity index (χ3v) is 4.87. The Labute approximate surface area is 133 Å². The molecule has 23 heavy (non-hydrogen) atoms. The molecule has 0 fully saturated rings. The van der Waals surface area contributed by atoms with Gasteiger partial charge in [0.05, 0.1) is 19.1 Å². The second-order valence-electron chi connectivity index (χ2n) is 4.39. The van der Waals surface area contributed by atoms with Gasteiger partial charge in [0, 0.05) is 6.54 Å². The van der Waals surface area contributed by atoms with Crippen LogP contribution in [0, 0.1) is 0 Å². The second kappa shape index (κ2) is 7.90. The van der Waals surface area contributed by atoms with E-state index in [4.69, 9.17) is 15.6 Å². The lowest BCUT2D eigenvalue weighted by atomic mass is 10.3. The molecule has 1 unspecified atom stereocenters. The summed E-state index contributed by atoms with van der Waals surface area (Å²) in [6, 6.07) is 3.85.